The van der Waals surface area contributed by atoms with Crippen molar-refractivity contribution in [3.05, 3.63) is 23.2 Å². The molecule has 3 nitrogen and oxygen atoms in total. The standard InChI is InChI=1S/C12H17BrO3/c1-8-10(11(14)15-4)5-9(16-8)6-12(2,3)7-13/h5H,6-7H2,1-4H3. The van der Waals surface area contributed by atoms with Gasteiger partial charge in [-0.25, -0.2) is 4.79 Å². The van der Waals surface area contributed by atoms with Gasteiger partial charge >= 0.3 is 5.97 Å². The van der Waals surface area contributed by atoms with Crippen molar-refractivity contribution in [3.8, 4) is 0 Å². The Morgan fingerprint density at radius 3 is 2.69 bits per heavy atom. The maximum atomic E-state index is 11.4. The number of furan rings is 1. The molecule has 0 saturated heterocycles. The summed E-state index contributed by atoms with van der Waals surface area (Å²) >= 11 is 3.46. The topological polar surface area (TPSA) is 39.4 Å². The summed E-state index contributed by atoms with van der Waals surface area (Å²) in [5.41, 5.74) is 0.625. The van der Waals surface area contributed by atoms with E-state index in [2.05, 4.69) is 34.5 Å². The smallest absolute Gasteiger partial charge is 0.341 e. The van der Waals surface area contributed by atoms with Crippen LogP contribution in [0.3, 0.4) is 0 Å². The predicted octanol–water partition coefficient (Wildman–Crippen LogP) is 3.34. The molecule has 1 aromatic heterocycles. The van der Waals surface area contributed by atoms with Crippen molar-refractivity contribution in [1.29, 1.82) is 0 Å². The lowest BCUT2D eigenvalue weighted by Crippen LogP contribution is -2.16. The minimum Gasteiger partial charge on any atom is -0.465 e. The van der Waals surface area contributed by atoms with Crippen molar-refractivity contribution in [2.75, 3.05) is 12.4 Å². The quantitative estimate of drug-likeness (QED) is 0.630. The van der Waals surface area contributed by atoms with Crippen LogP contribution in [-0.2, 0) is 11.2 Å². The third-order valence-electron chi connectivity index (χ3n) is 2.39. The minimum absolute atomic E-state index is 0.109. The first-order chi connectivity index (χ1) is 7.39. The van der Waals surface area contributed by atoms with E-state index in [9.17, 15) is 4.79 Å². The van der Waals surface area contributed by atoms with E-state index in [0.29, 0.717) is 11.3 Å². The van der Waals surface area contributed by atoms with Gasteiger partial charge in [-0.15, -0.1) is 0 Å². The average molecular weight is 289 g/mol. The number of rotatable bonds is 4. The second kappa shape index (κ2) is 5.04. The molecule has 4 heteroatoms. The van der Waals surface area contributed by atoms with Crippen LogP contribution in [0, 0.1) is 12.3 Å². The van der Waals surface area contributed by atoms with Crippen molar-refractivity contribution < 1.29 is 13.9 Å². The number of carbonyl (C=O) groups is 1. The molecule has 0 aromatic carbocycles. The fourth-order valence-corrected chi connectivity index (χ4v) is 1.66. The molecule has 1 heterocycles. The molecule has 0 unspecified atom stereocenters. The van der Waals surface area contributed by atoms with Crippen LogP contribution in [0.25, 0.3) is 0 Å². The molecule has 0 atom stereocenters. The highest BCUT2D eigenvalue weighted by molar-refractivity contribution is 9.09. The number of halogens is 1. The number of aryl methyl sites for hydroxylation is 1. The molecule has 0 bridgehead atoms. The maximum absolute atomic E-state index is 11.4. The van der Waals surface area contributed by atoms with Crippen molar-refractivity contribution in [2.24, 2.45) is 5.41 Å². The molecule has 0 radical (unpaired) electrons. The monoisotopic (exact) mass is 288 g/mol. The van der Waals surface area contributed by atoms with E-state index in [-0.39, 0.29) is 11.4 Å². The second-order valence-electron chi connectivity index (χ2n) is 4.65. The second-order valence-corrected chi connectivity index (χ2v) is 5.21. The van der Waals surface area contributed by atoms with E-state index in [4.69, 9.17) is 4.42 Å². The summed E-state index contributed by atoms with van der Waals surface area (Å²) in [7, 11) is 1.37. The largest absolute Gasteiger partial charge is 0.465 e. The zero-order chi connectivity index (χ0) is 12.3. The number of alkyl halides is 1. The van der Waals surface area contributed by atoms with Crippen LogP contribution in [0.2, 0.25) is 0 Å². The van der Waals surface area contributed by atoms with Gasteiger partial charge < -0.3 is 9.15 Å². The van der Waals surface area contributed by atoms with Crippen molar-refractivity contribution in [1.82, 2.24) is 0 Å². The number of ether oxygens (including phenoxy) is 1. The predicted molar refractivity (Wildman–Crippen MR) is 66.1 cm³/mol. The van der Waals surface area contributed by atoms with Crippen LogP contribution in [0.4, 0.5) is 0 Å². The highest BCUT2D eigenvalue weighted by Gasteiger charge is 2.22. The average Bonchev–Trinajstić information content (AvgIpc) is 2.57. The molecule has 0 spiro atoms. The summed E-state index contributed by atoms with van der Waals surface area (Å²) in [6, 6.07) is 1.77. The molecule has 0 fully saturated rings. The third kappa shape index (κ3) is 3.11. The van der Waals surface area contributed by atoms with Crippen molar-refractivity contribution in [2.45, 2.75) is 27.2 Å². The van der Waals surface area contributed by atoms with Crippen molar-refractivity contribution in [3.63, 3.8) is 0 Å². The summed E-state index contributed by atoms with van der Waals surface area (Å²) in [5, 5.41) is 0.882. The van der Waals surface area contributed by atoms with Crippen LogP contribution in [0.15, 0.2) is 10.5 Å². The van der Waals surface area contributed by atoms with E-state index in [1.807, 2.05) is 0 Å². The van der Waals surface area contributed by atoms with E-state index in [0.717, 1.165) is 17.5 Å². The summed E-state index contributed by atoms with van der Waals surface area (Å²) in [6.45, 7) is 6.05. The maximum Gasteiger partial charge on any atom is 0.341 e. The summed E-state index contributed by atoms with van der Waals surface area (Å²) in [4.78, 5) is 11.4. The SMILES string of the molecule is COC(=O)c1cc(CC(C)(C)CBr)oc1C. The van der Waals surface area contributed by atoms with E-state index in [1.54, 1.807) is 13.0 Å². The Bertz CT molecular complexity index is 380. The van der Waals surface area contributed by atoms with Crippen LogP contribution in [-0.4, -0.2) is 18.4 Å². The molecule has 0 amide bonds. The van der Waals surface area contributed by atoms with Crippen LogP contribution >= 0.6 is 15.9 Å². The molecule has 1 aromatic rings. The summed E-state index contributed by atoms with van der Waals surface area (Å²) in [5.74, 6) is 1.10. The van der Waals surface area contributed by atoms with E-state index >= 15 is 0 Å². The summed E-state index contributed by atoms with van der Waals surface area (Å²) < 4.78 is 10.2. The van der Waals surface area contributed by atoms with Gasteiger partial charge in [0, 0.05) is 11.8 Å². The Labute approximate surface area is 104 Å². The fraction of sp³-hybridized carbons (Fsp3) is 0.583. The fourth-order valence-electron chi connectivity index (χ4n) is 1.46. The lowest BCUT2D eigenvalue weighted by atomic mass is 9.91. The normalized spacial score (nSPS) is 11.6. The first kappa shape index (κ1) is 13.3. The van der Waals surface area contributed by atoms with E-state index < -0.39 is 0 Å². The molecule has 0 aliphatic rings. The minimum atomic E-state index is -0.343. The molecule has 0 aliphatic heterocycles. The van der Waals surface area contributed by atoms with Gasteiger partial charge in [0.15, 0.2) is 0 Å². The third-order valence-corrected chi connectivity index (χ3v) is 3.91. The lowest BCUT2D eigenvalue weighted by Gasteiger charge is -2.19. The Hall–Kier alpha value is -0.770. The van der Waals surface area contributed by atoms with Crippen LogP contribution in [0.5, 0.6) is 0 Å². The number of esters is 1. The van der Waals surface area contributed by atoms with Gasteiger partial charge in [0.1, 0.15) is 17.1 Å². The van der Waals surface area contributed by atoms with Crippen LogP contribution < -0.4 is 0 Å². The molecule has 90 valence electrons. The molecule has 16 heavy (non-hydrogen) atoms. The molecular weight excluding hydrogens is 272 g/mol. The van der Waals surface area contributed by atoms with E-state index in [1.165, 1.54) is 7.11 Å². The molecular formula is C12H17BrO3. The highest BCUT2D eigenvalue weighted by Crippen LogP contribution is 2.26. The zero-order valence-electron chi connectivity index (χ0n) is 10.1. The Kier molecular flexibility index (Phi) is 4.19. The van der Waals surface area contributed by atoms with Gasteiger partial charge in [0.05, 0.1) is 7.11 Å². The Morgan fingerprint density at radius 1 is 1.56 bits per heavy atom. The first-order valence-electron chi connectivity index (χ1n) is 5.13. The number of hydrogen-bond acceptors (Lipinski definition) is 3. The van der Waals surface area contributed by atoms with Gasteiger partial charge in [0.2, 0.25) is 0 Å². The number of methoxy groups -OCH3 is 1. The van der Waals surface area contributed by atoms with Gasteiger partial charge in [-0.1, -0.05) is 29.8 Å². The first-order valence-corrected chi connectivity index (χ1v) is 6.25. The molecule has 0 saturated carbocycles. The Morgan fingerprint density at radius 2 is 2.19 bits per heavy atom. The van der Waals surface area contributed by atoms with Crippen LogP contribution in [0.1, 0.15) is 35.7 Å². The van der Waals surface area contributed by atoms with Crippen molar-refractivity contribution >= 4 is 21.9 Å². The van der Waals surface area contributed by atoms with Gasteiger partial charge in [-0.05, 0) is 18.4 Å². The number of carbonyl (C=O) groups excluding carboxylic acids is 1. The summed E-state index contributed by atoms with van der Waals surface area (Å²) in [6.07, 6.45) is 0.788. The highest BCUT2D eigenvalue weighted by atomic mass is 79.9. The van der Waals surface area contributed by atoms with Gasteiger partial charge in [0.25, 0.3) is 0 Å². The van der Waals surface area contributed by atoms with Gasteiger partial charge in [-0.3, -0.25) is 0 Å². The van der Waals surface area contributed by atoms with Gasteiger partial charge in [-0.2, -0.15) is 0 Å². The number of hydrogen-bond donors (Lipinski definition) is 0. The Balaban J connectivity index is 2.89. The zero-order valence-corrected chi connectivity index (χ0v) is 11.7. The molecule has 0 aliphatic carbocycles. The lowest BCUT2D eigenvalue weighted by molar-refractivity contribution is 0.0599. The molecule has 0 N–H and O–H groups in total. The molecule has 1 rings (SSSR count).